The Morgan fingerprint density at radius 1 is 1.40 bits per heavy atom. The molecule has 0 fully saturated rings. The smallest absolute Gasteiger partial charge is 0.165 e. The summed E-state index contributed by atoms with van der Waals surface area (Å²) in [7, 11) is 1.93. The summed E-state index contributed by atoms with van der Waals surface area (Å²) in [5.41, 5.74) is 2.69. The molecule has 2 aromatic rings. The van der Waals surface area contributed by atoms with Crippen LogP contribution in [-0.2, 0) is 7.05 Å². The van der Waals surface area contributed by atoms with Gasteiger partial charge in [-0.05, 0) is 18.2 Å². The Morgan fingerprint density at radius 3 is 2.80 bits per heavy atom. The Balaban J connectivity index is 2.55. The number of aromatic nitrogens is 2. The minimum atomic E-state index is 0.0377. The molecule has 0 aliphatic heterocycles. The van der Waals surface area contributed by atoms with Crippen LogP contribution < -0.4 is 0 Å². The monoisotopic (exact) mass is 202 g/mol. The van der Waals surface area contributed by atoms with Crippen LogP contribution in [0.5, 0.6) is 0 Å². The molecule has 3 nitrogen and oxygen atoms in total. The van der Waals surface area contributed by atoms with Crippen LogP contribution in [0.25, 0.3) is 11.0 Å². The number of fused-ring (bicyclic) bond motifs is 1. The third-order valence-electron chi connectivity index (χ3n) is 2.53. The third kappa shape index (κ3) is 1.65. The molecule has 0 saturated carbocycles. The van der Waals surface area contributed by atoms with Crippen molar-refractivity contribution in [2.45, 2.75) is 13.8 Å². The Morgan fingerprint density at radius 2 is 2.13 bits per heavy atom. The fraction of sp³-hybridized carbons (Fsp3) is 0.333. The standard InChI is InChI=1S/C12H14N2O/c1-8(2)12(15)9-4-5-10-11(6-9)14(3)7-13-10/h4-8H,1-3H3. The number of hydrogen-bond donors (Lipinski definition) is 0. The van der Waals surface area contributed by atoms with Crippen molar-refractivity contribution in [1.82, 2.24) is 9.55 Å². The number of rotatable bonds is 2. The van der Waals surface area contributed by atoms with Crippen LogP contribution >= 0.6 is 0 Å². The zero-order valence-electron chi connectivity index (χ0n) is 9.19. The second kappa shape index (κ2) is 3.50. The topological polar surface area (TPSA) is 34.9 Å². The number of imidazole rings is 1. The van der Waals surface area contributed by atoms with E-state index in [2.05, 4.69) is 4.98 Å². The number of benzene rings is 1. The molecule has 1 aromatic carbocycles. The fourth-order valence-corrected chi connectivity index (χ4v) is 1.61. The van der Waals surface area contributed by atoms with Gasteiger partial charge in [-0.15, -0.1) is 0 Å². The van der Waals surface area contributed by atoms with Crippen molar-refractivity contribution in [2.24, 2.45) is 13.0 Å². The molecule has 0 spiro atoms. The maximum Gasteiger partial charge on any atom is 0.165 e. The average molecular weight is 202 g/mol. The Hall–Kier alpha value is -1.64. The quantitative estimate of drug-likeness (QED) is 0.701. The molecule has 1 aromatic heterocycles. The predicted octanol–water partition coefficient (Wildman–Crippen LogP) is 2.41. The van der Waals surface area contributed by atoms with E-state index in [9.17, 15) is 4.79 Å². The highest BCUT2D eigenvalue weighted by molar-refractivity contribution is 6.00. The first-order valence-electron chi connectivity index (χ1n) is 5.05. The van der Waals surface area contributed by atoms with Crippen LogP contribution in [0, 0.1) is 5.92 Å². The number of nitrogens with zero attached hydrogens (tertiary/aromatic N) is 2. The lowest BCUT2D eigenvalue weighted by Gasteiger charge is -2.04. The fourth-order valence-electron chi connectivity index (χ4n) is 1.61. The molecule has 0 N–H and O–H groups in total. The second-order valence-corrected chi connectivity index (χ2v) is 4.08. The van der Waals surface area contributed by atoms with Gasteiger partial charge in [0.25, 0.3) is 0 Å². The largest absolute Gasteiger partial charge is 0.334 e. The number of Topliss-reactive ketones (excluding diaryl/α,β-unsaturated/α-hetero) is 1. The highest BCUT2D eigenvalue weighted by Gasteiger charge is 2.11. The molecule has 78 valence electrons. The lowest BCUT2D eigenvalue weighted by atomic mass is 10.0. The summed E-state index contributed by atoms with van der Waals surface area (Å²) in [6, 6.07) is 5.65. The van der Waals surface area contributed by atoms with Gasteiger partial charge >= 0.3 is 0 Å². The first-order valence-corrected chi connectivity index (χ1v) is 5.05. The van der Waals surface area contributed by atoms with Gasteiger partial charge in [0.05, 0.1) is 17.4 Å². The summed E-state index contributed by atoms with van der Waals surface area (Å²) in [5.74, 6) is 0.216. The van der Waals surface area contributed by atoms with E-state index in [0.717, 1.165) is 16.6 Å². The van der Waals surface area contributed by atoms with Crippen molar-refractivity contribution in [1.29, 1.82) is 0 Å². The molecule has 0 atom stereocenters. The van der Waals surface area contributed by atoms with E-state index in [1.807, 2.05) is 43.7 Å². The van der Waals surface area contributed by atoms with E-state index in [-0.39, 0.29) is 11.7 Å². The number of hydrogen-bond acceptors (Lipinski definition) is 2. The van der Waals surface area contributed by atoms with Crippen molar-refractivity contribution >= 4 is 16.8 Å². The number of ketones is 1. The Bertz CT molecular complexity index is 511. The van der Waals surface area contributed by atoms with Gasteiger partial charge in [0.1, 0.15) is 0 Å². The first kappa shape index (κ1) is 9.90. The van der Waals surface area contributed by atoms with Gasteiger partial charge in [-0.3, -0.25) is 4.79 Å². The zero-order valence-corrected chi connectivity index (χ0v) is 9.19. The molecule has 0 radical (unpaired) electrons. The van der Waals surface area contributed by atoms with Gasteiger partial charge in [-0.2, -0.15) is 0 Å². The number of carbonyl (C=O) groups is 1. The molecular formula is C12H14N2O. The van der Waals surface area contributed by atoms with E-state index in [0.29, 0.717) is 0 Å². The van der Waals surface area contributed by atoms with Crippen molar-refractivity contribution in [3.8, 4) is 0 Å². The van der Waals surface area contributed by atoms with Crippen LogP contribution in [0.1, 0.15) is 24.2 Å². The summed E-state index contributed by atoms with van der Waals surface area (Å²) >= 11 is 0. The molecule has 15 heavy (non-hydrogen) atoms. The minimum Gasteiger partial charge on any atom is -0.334 e. The van der Waals surface area contributed by atoms with E-state index < -0.39 is 0 Å². The minimum absolute atomic E-state index is 0.0377. The highest BCUT2D eigenvalue weighted by atomic mass is 16.1. The maximum atomic E-state index is 11.8. The van der Waals surface area contributed by atoms with E-state index in [4.69, 9.17) is 0 Å². The highest BCUT2D eigenvalue weighted by Crippen LogP contribution is 2.16. The molecule has 3 heteroatoms. The lowest BCUT2D eigenvalue weighted by Crippen LogP contribution is -2.07. The predicted molar refractivity (Wildman–Crippen MR) is 59.9 cm³/mol. The molecule has 0 unspecified atom stereocenters. The van der Waals surface area contributed by atoms with E-state index in [1.165, 1.54) is 0 Å². The van der Waals surface area contributed by atoms with Gasteiger partial charge < -0.3 is 4.57 Å². The molecule has 0 saturated heterocycles. The summed E-state index contributed by atoms with van der Waals surface area (Å²) < 4.78 is 1.92. The van der Waals surface area contributed by atoms with Crippen LogP contribution in [0.3, 0.4) is 0 Å². The average Bonchev–Trinajstić information content (AvgIpc) is 2.59. The van der Waals surface area contributed by atoms with Gasteiger partial charge in [0, 0.05) is 18.5 Å². The van der Waals surface area contributed by atoms with Gasteiger partial charge in [0.15, 0.2) is 5.78 Å². The summed E-state index contributed by atoms with van der Waals surface area (Å²) in [6.07, 6.45) is 1.76. The molecule has 0 amide bonds. The van der Waals surface area contributed by atoms with Crippen LogP contribution in [-0.4, -0.2) is 15.3 Å². The van der Waals surface area contributed by atoms with Crippen molar-refractivity contribution in [3.05, 3.63) is 30.1 Å². The molecule has 0 aliphatic rings. The van der Waals surface area contributed by atoms with Gasteiger partial charge in [-0.25, -0.2) is 4.98 Å². The van der Waals surface area contributed by atoms with Crippen LogP contribution in [0.2, 0.25) is 0 Å². The number of carbonyl (C=O) groups excluding carboxylic acids is 1. The lowest BCUT2D eigenvalue weighted by molar-refractivity contribution is 0.0939. The SMILES string of the molecule is CC(C)C(=O)c1ccc2ncn(C)c2c1. The Kier molecular flexibility index (Phi) is 2.31. The van der Waals surface area contributed by atoms with Crippen LogP contribution in [0.15, 0.2) is 24.5 Å². The van der Waals surface area contributed by atoms with Gasteiger partial charge in [0.2, 0.25) is 0 Å². The van der Waals surface area contributed by atoms with Crippen molar-refractivity contribution in [2.75, 3.05) is 0 Å². The van der Waals surface area contributed by atoms with E-state index >= 15 is 0 Å². The van der Waals surface area contributed by atoms with Crippen LogP contribution in [0.4, 0.5) is 0 Å². The summed E-state index contributed by atoms with van der Waals surface area (Å²) in [6.45, 7) is 3.82. The first-order chi connectivity index (χ1) is 7.09. The molecule has 0 bridgehead atoms. The number of aryl methyl sites for hydroxylation is 1. The normalized spacial score (nSPS) is 11.2. The van der Waals surface area contributed by atoms with Gasteiger partial charge in [-0.1, -0.05) is 13.8 Å². The Labute approximate surface area is 88.7 Å². The van der Waals surface area contributed by atoms with E-state index in [1.54, 1.807) is 6.33 Å². The summed E-state index contributed by atoms with van der Waals surface area (Å²) in [5, 5.41) is 0. The van der Waals surface area contributed by atoms with Crippen molar-refractivity contribution < 1.29 is 4.79 Å². The molecule has 2 rings (SSSR count). The molecular weight excluding hydrogens is 188 g/mol. The van der Waals surface area contributed by atoms with Crippen molar-refractivity contribution in [3.63, 3.8) is 0 Å². The third-order valence-corrected chi connectivity index (χ3v) is 2.53. The molecule has 0 aliphatic carbocycles. The zero-order chi connectivity index (χ0) is 11.0. The second-order valence-electron chi connectivity index (χ2n) is 4.08. The molecule has 1 heterocycles. The maximum absolute atomic E-state index is 11.8. The summed E-state index contributed by atoms with van der Waals surface area (Å²) in [4.78, 5) is 16.0.